The molecule has 7 heteroatoms. The number of carbonyl (C=O) groups is 3. The zero-order valence-corrected chi connectivity index (χ0v) is 12.9. The van der Waals surface area contributed by atoms with Crippen LogP contribution in [0.1, 0.15) is 40.0 Å². The third-order valence-electron chi connectivity index (χ3n) is 3.85. The topological polar surface area (TPSA) is 98.7 Å². The maximum atomic E-state index is 12.0. The van der Waals surface area contributed by atoms with Crippen molar-refractivity contribution in [1.29, 1.82) is 0 Å². The first-order valence-electron chi connectivity index (χ1n) is 7.36. The van der Waals surface area contributed by atoms with Gasteiger partial charge >= 0.3 is 12.0 Å². The minimum absolute atomic E-state index is 0.0764. The second-order valence-electron chi connectivity index (χ2n) is 5.81. The Balaban J connectivity index is 2.37. The van der Waals surface area contributed by atoms with Crippen LogP contribution in [0.5, 0.6) is 0 Å². The van der Waals surface area contributed by atoms with Gasteiger partial charge in [-0.1, -0.05) is 6.92 Å². The second kappa shape index (κ2) is 7.28. The molecule has 0 bridgehead atoms. The lowest BCUT2D eigenvalue weighted by Crippen LogP contribution is -2.42. The Morgan fingerprint density at radius 3 is 2.48 bits per heavy atom. The summed E-state index contributed by atoms with van der Waals surface area (Å²) in [7, 11) is 0. The van der Waals surface area contributed by atoms with Gasteiger partial charge in [-0.2, -0.15) is 0 Å². The van der Waals surface area contributed by atoms with Crippen LogP contribution in [-0.2, 0) is 9.59 Å². The van der Waals surface area contributed by atoms with Crippen LogP contribution in [0.2, 0.25) is 0 Å². The fourth-order valence-electron chi connectivity index (χ4n) is 2.45. The SMILES string of the molecule is CCC1(C(=O)O)CCN(C(=O)NCCC(=O)NC(C)C)C1. The Bertz CT molecular complexity index is 411. The normalized spacial score (nSPS) is 21.4. The van der Waals surface area contributed by atoms with Gasteiger partial charge in [0.2, 0.25) is 5.91 Å². The van der Waals surface area contributed by atoms with Crippen LogP contribution in [0, 0.1) is 5.41 Å². The Hall–Kier alpha value is -1.79. The maximum Gasteiger partial charge on any atom is 0.317 e. The highest BCUT2D eigenvalue weighted by atomic mass is 16.4. The number of urea groups is 1. The van der Waals surface area contributed by atoms with Crippen molar-refractivity contribution in [3.05, 3.63) is 0 Å². The van der Waals surface area contributed by atoms with Gasteiger partial charge in [0, 0.05) is 32.1 Å². The molecule has 0 aliphatic carbocycles. The first-order chi connectivity index (χ1) is 9.80. The molecule has 3 amide bonds. The minimum atomic E-state index is -0.850. The van der Waals surface area contributed by atoms with Crippen LogP contribution in [0.15, 0.2) is 0 Å². The van der Waals surface area contributed by atoms with E-state index < -0.39 is 11.4 Å². The molecule has 0 saturated carbocycles. The molecule has 7 nitrogen and oxygen atoms in total. The van der Waals surface area contributed by atoms with E-state index in [2.05, 4.69) is 10.6 Å². The van der Waals surface area contributed by atoms with Crippen molar-refractivity contribution in [3.8, 4) is 0 Å². The van der Waals surface area contributed by atoms with Gasteiger partial charge in [0.15, 0.2) is 0 Å². The number of carbonyl (C=O) groups excluding carboxylic acids is 2. The van der Waals surface area contributed by atoms with Crippen LogP contribution in [0.4, 0.5) is 4.79 Å². The van der Waals surface area contributed by atoms with E-state index in [-0.39, 0.29) is 37.5 Å². The smallest absolute Gasteiger partial charge is 0.317 e. The summed E-state index contributed by atoms with van der Waals surface area (Å²) < 4.78 is 0. The van der Waals surface area contributed by atoms with Crippen LogP contribution in [-0.4, -0.2) is 53.6 Å². The molecule has 1 rings (SSSR count). The monoisotopic (exact) mass is 299 g/mol. The van der Waals surface area contributed by atoms with Gasteiger partial charge in [-0.3, -0.25) is 9.59 Å². The summed E-state index contributed by atoms with van der Waals surface area (Å²) in [5.41, 5.74) is -0.827. The zero-order valence-electron chi connectivity index (χ0n) is 12.9. The summed E-state index contributed by atoms with van der Waals surface area (Å²) in [5, 5.41) is 14.7. The quantitative estimate of drug-likeness (QED) is 0.675. The Morgan fingerprint density at radius 2 is 2.00 bits per heavy atom. The molecular weight excluding hydrogens is 274 g/mol. The molecule has 21 heavy (non-hydrogen) atoms. The number of aliphatic carboxylic acids is 1. The van der Waals surface area contributed by atoms with Crippen molar-refractivity contribution in [3.63, 3.8) is 0 Å². The lowest BCUT2D eigenvalue weighted by atomic mass is 9.84. The minimum Gasteiger partial charge on any atom is -0.481 e. The molecule has 0 aromatic heterocycles. The summed E-state index contributed by atoms with van der Waals surface area (Å²) in [6.45, 7) is 6.48. The third-order valence-corrected chi connectivity index (χ3v) is 3.85. The largest absolute Gasteiger partial charge is 0.481 e. The van der Waals surface area contributed by atoms with Gasteiger partial charge in [-0.25, -0.2) is 4.79 Å². The van der Waals surface area contributed by atoms with E-state index in [4.69, 9.17) is 0 Å². The number of amides is 3. The van der Waals surface area contributed by atoms with E-state index >= 15 is 0 Å². The third kappa shape index (κ3) is 4.61. The van der Waals surface area contributed by atoms with Gasteiger partial charge in [-0.05, 0) is 26.7 Å². The predicted octanol–water partition coefficient (Wildman–Crippen LogP) is 0.797. The van der Waals surface area contributed by atoms with E-state index in [0.29, 0.717) is 19.4 Å². The predicted molar refractivity (Wildman–Crippen MR) is 77.8 cm³/mol. The van der Waals surface area contributed by atoms with E-state index in [1.165, 1.54) is 4.90 Å². The number of likely N-dealkylation sites (tertiary alicyclic amines) is 1. The molecule has 1 heterocycles. The lowest BCUT2D eigenvalue weighted by Gasteiger charge is -2.23. The highest BCUT2D eigenvalue weighted by Gasteiger charge is 2.44. The Kier molecular flexibility index (Phi) is 5.99. The highest BCUT2D eigenvalue weighted by Crippen LogP contribution is 2.34. The number of carboxylic acids is 1. The van der Waals surface area contributed by atoms with E-state index in [9.17, 15) is 19.5 Å². The lowest BCUT2D eigenvalue weighted by molar-refractivity contribution is -0.148. The van der Waals surface area contributed by atoms with Gasteiger partial charge in [0.25, 0.3) is 0 Å². The number of nitrogens with zero attached hydrogens (tertiary/aromatic N) is 1. The van der Waals surface area contributed by atoms with E-state index in [1.54, 1.807) is 0 Å². The molecule has 1 aliphatic rings. The first-order valence-corrected chi connectivity index (χ1v) is 7.36. The maximum absolute atomic E-state index is 12.0. The molecule has 0 radical (unpaired) electrons. The molecule has 1 atom stereocenters. The van der Waals surface area contributed by atoms with Crippen LogP contribution >= 0.6 is 0 Å². The molecule has 0 aromatic rings. The summed E-state index contributed by atoms with van der Waals surface area (Å²) in [6, 6.07) is -0.226. The van der Waals surface area contributed by atoms with Crippen molar-refractivity contribution in [1.82, 2.24) is 15.5 Å². The molecule has 3 N–H and O–H groups in total. The molecule has 0 aromatic carbocycles. The second-order valence-corrected chi connectivity index (χ2v) is 5.81. The zero-order chi connectivity index (χ0) is 16.0. The summed E-state index contributed by atoms with van der Waals surface area (Å²) in [5.74, 6) is -0.961. The molecule has 0 spiro atoms. The summed E-state index contributed by atoms with van der Waals surface area (Å²) in [4.78, 5) is 36.2. The van der Waals surface area contributed by atoms with Crippen LogP contribution in [0.25, 0.3) is 0 Å². The highest BCUT2D eigenvalue weighted by molar-refractivity contribution is 5.80. The molecule has 1 aliphatic heterocycles. The average molecular weight is 299 g/mol. The van der Waals surface area contributed by atoms with Crippen molar-refractivity contribution in [2.75, 3.05) is 19.6 Å². The standard InChI is InChI=1S/C14H25N3O4/c1-4-14(12(19)20)6-8-17(9-14)13(21)15-7-5-11(18)16-10(2)3/h10H,4-9H2,1-3H3,(H,15,21)(H,16,18)(H,19,20). The van der Waals surface area contributed by atoms with Crippen molar-refractivity contribution in [2.24, 2.45) is 5.41 Å². The van der Waals surface area contributed by atoms with E-state index in [1.807, 2.05) is 20.8 Å². The van der Waals surface area contributed by atoms with Crippen molar-refractivity contribution in [2.45, 2.75) is 46.1 Å². The van der Waals surface area contributed by atoms with Gasteiger partial charge in [0.05, 0.1) is 5.41 Å². The number of hydrogen-bond donors (Lipinski definition) is 3. The van der Waals surface area contributed by atoms with Crippen LogP contribution < -0.4 is 10.6 Å². The number of hydrogen-bond acceptors (Lipinski definition) is 3. The van der Waals surface area contributed by atoms with Gasteiger partial charge in [0.1, 0.15) is 0 Å². The fraction of sp³-hybridized carbons (Fsp3) is 0.786. The van der Waals surface area contributed by atoms with Gasteiger partial charge < -0.3 is 20.6 Å². The van der Waals surface area contributed by atoms with Crippen LogP contribution in [0.3, 0.4) is 0 Å². The van der Waals surface area contributed by atoms with Gasteiger partial charge in [-0.15, -0.1) is 0 Å². The summed E-state index contributed by atoms with van der Waals surface area (Å²) in [6.07, 6.45) is 1.19. The average Bonchev–Trinajstić information content (AvgIpc) is 2.83. The van der Waals surface area contributed by atoms with E-state index in [0.717, 1.165) is 0 Å². The molecular formula is C14H25N3O4. The van der Waals surface area contributed by atoms with Crippen molar-refractivity contribution >= 4 is 17.9 Å². The molecule has 1 saturated heterocycles. The fourth-order valence-corrected chi connectivity index (χ4v) is 2.45. The summed E-state index contributed by atoms with van der Waals surface area (Å²) >= 11 is 0. The first kappa shape index (κ1) is 17.3. The number of rotatable bonds is 6. The Labute approximate surface area is 125 Å². The number of carboxylic acid groups (broad SMARTS) is 1. The Morgan fingerprint density at radius 1 is 1.33 bits per heavy atom. The molecule has 120 valence electrons. The molecule has 1 unspecified atom stereocenters. The number of nitrogens with one attached hydrogen (secondary N) is 2. The van der Waals surface area contributed by atoms with Crippen molar-refractivity contribution < 1.29 is 19.5 Å². The molecule has 1 fully saturated rings.